The topological polar surface area (TPSA) is 154 Å². The van der Waals surface area contributed by atoms with Crippen molar-refractivity contribution in [2.24, 2.45) is 0 Å². The molecular formula is C28H27N5O5S. The van der Waals surface area contributed by atoms with Crippen molar-refractivity contribution in [1.29, 1.82) is 0 Å². The number of aliphatic carboxylic acids is 1. The van der Waals surface area contributed by atoms with Gasteiger partial charge in [-0.3, -0.25) is 9.59 Å². The molecule has 200 valence electrons. The average Bonchev–Trinajstić information content (AvgIpc) is 3.45. The number of hydrogen-bond donors (Lipinski definition) is 5. The third-order valence-electron chi connectivity index (χ3n) is 5.92. The number of carbonyl (C=O) groups is 3. The second-order valence-electron chi connectivity index (χ2n) is 8.71. The fourth-order valence-corrected chi connectivity index (χ4v) is 4.69. The minimum atomic E-state index is -1.34. The van der Waals surface area contributed by atoms with Gasteiger partial charge >= 0.3 is 5.97 Å². The molecule has 2 heterocycles. The molecule has 0 fully saturated rings. The van der Waals surface area contributed by atoms with Gasteiger partial charge < -0.3 is 26.2 Å². The second kappa shape index (κ2) is 12.2. The molecule has 4 aromatic rings. The van der Waals surface area contributed by atoms with E-state index in [1.165, 1.54) is 11.3 Å². The Labute approximate surface area is 228 Å². The Balaban J connectivity index is 1.44. The van der Waals surface area contributed by atoms with Gasteiger partial charge in [0.25, 0.3) is 11.8 Å². The summed E-state index contributed by atoms with van der Waals surface area (Å²) in [7, 11) is 0. The van der Waals surface area contributed by atoms with Crippen LogP contribution in [0.3, 0.4) is 0 Å². The van der Waals surface area contributed by atoms with Crippen LogP contribution in [0, 0.1) is 13.8 Å². The molecule has 0 aliphatic heterocycles. The molecule has 0 saturated carbocycles. The van der Waals surface area contributed by atoms with Crippen LogP contribution in [0.1, 0.15) is 37.0 Å². The number of carbonyl (C=O) groups excluding carboxylic acids is 2. The number of anilines is 1. The number of hydrogen-bond acceptors (Lipinski definition) is 8. The highest BCUT2D eigenvalue weighted by atomic mass is 32.1. The number of phenolic OH excluding ortho intramolecular Hbond substituents is 1. The smallest absolute Gasteiger partial charge is 0.328 e. The van der Waals surface area contributed by atoms with Gasteiger partial charge in [0.1, 0.15) is 11.8 Å². The van der Waals surface area contributed by atoms with Crippen molar-refractivity contribution < 1.29 is 24.6 Å². The number of phenols is 1. The number of nitrogens with zero attached hydrogens (tertiary/aromatic N) is 2. The van der Waals surface area contributed by atoms with E-state index < -0.39 is 23.8 Å². The summed E-state index contributed by atoms with van der Waals surface area (Å²) in [5, 5.41) is 29.3. The van der Waals surface area contributed by atoms with Crippen LogP contribution in [-0.4, -0.2) is 50.6 Å². The van der Waals surface area contributed by atoms with Crippen molar-refractivity contribution in [1.82, 2.24) is 20.6 Å². The molecule has 0 saturated heterocycles. The molecule has 2 amide bonds. The Morgan fingerprint density at radius 2 is 1.69 bits per heavy atom. The van der Waals surface area contributed by atoms with Gasteiger partial charge in [-0.1, -0.05) is 42.5 Å². The molecule has 39 heavy (non-hydrogen) atoms. The lowest BCUT2D eigenvalue weighted by Gasteiger charge is -2.17. The maximum absolute atomic E-state index is 13.0. The van der Waals surface area contributed by atoms with Crippen LogP contribution in [-0.2, 0) is 11.3 Å². The molecule has 5 N–H and O–H groups in total. The summed E-state index contributed by atoms with van der Waals surface area (Å²) >= 11 is 1.23. The molecule has 1 atom stereocenters. The van der Waals surface area contributed by atoms with Gasteiger partial charge in [-0.15, -0.1) is 11.3 Å². The Bertz CT molecular complexity index is 1480. The van der Waals surface area contributed by atoms with E-state index in [-0.39, 0.29) is 17.9 Å². The van der Waals surface area contributed by atoms with Crippen molar-refractivity contribution in [3.63, 3.8) is 0 Å². The Morgan fingerprint density at radius 3 is 2.36 bits per heavy atom. The number of amides is 2. The third-order valence-corrected chi connectivity index (χ3v) is 6.79. The van der Waals surface area contributed by atoms with Gasteiger partial charge in [0.15, 0.2) is 0 Å². The predicted octanol–water partition coefficient (Wildman–Crippen LogP) is 3.75. The maximum atomic E-state index is 13.0. The monoisotopic (exact) mass is 545 g/mol. The SMILES string of the molecule is Cc1nc(NCc2ccccc2-c2cccc(O)c2)nc(C)c1C(=O)N[C@@H](CNC(=O)c1cccs1)C(=O)O. The summed E-state index contributed by atoms with van der Waals surface area (Å²) < 4.78 is 0. The van der Waals surface area contributed by atoms with Crippen molar-refractivity contribution in [3.05, 3.63) is 93.4 Å². The van der Waals surface area contributed by atoms with E-state index in [4.69, 9.17) is 0 Å². The number of nitrogens with one attached hydrogen (secondary N) is 3. The predicted molar refractivity (Wildman–Crippen MR) is 148 cm³/mol. The highest BCUT2D eigenvalue weighted by molar-refractivity contribution is 7.12. The maximum Gasteiger partial charge on any atom is 0.328 e. The van der Waals surface area contributed by atoms with Gasteiger partial charge in [0.2, 0.25) is 5.95 Å². The van der Waals surface area contributed by atoms with Crippen LogP contribution in [0.4, 0.5) is 5.95 Å². The highest BCUT2D eigenvalue weighted by Crippen LogP contribution is 2.27. The van der Waals surface area contributed by atoms with Gasteiger partial charge in [0.05, 0.1) is 21.8 Å². The van der Waals surface area contributed by atoms with Crippen LogP contribution in [0.15, 0.2) is 66.0 Å². The summed E-state index contributed by atoms with van der Waals surface area (Å²) in [4.78, 5) is 46.2. The number of carboxylic acid groups (broad SMARTS) is 1. The van der Waals surface area contributed by atoms with E-state index in [2.05, 4.69) is 25.9 Å². The van der Waals surface area contributed by atoms with E-state index in [0.29, 0.717) is 28.8 Å². The molecule has 0 radical (unpaired) electrons. The number of thiophene rings is 1. The summed E-state index contributed by atoms with van der Waals surface area (Å²) in [6.45, 7) is 3.39. The quantitative estimate of drug-likeness (QED) is 0.202. The van der Waals surface area contributed by atoms with E-state index in [0.717, 1.165) is 16.7 Å². The average molecular weight is 546 g/mol. The lowest BCUT2D eigenvalue weighted by molar-refractivity contribution is -0.139. The number of benzene rings is 2. The standard InChI is InChI=1S/C28H27N5O5S/c1-16-24(26(36)33-22(27(37)38)15-29-25(35)23-11-6-12-39-23)17(2)32-28(31-16)30-14-19-7-3-4-10-21(19)18-8-5-9-20(34)13-18/h3-13,22,34H,14-15H2,1-2H3,(H,29,35)(H,33,36)(H,37,38)(H,30,31,32)/t22-/m0/s1. The first-order valence-corrected chi connectivity index (χ1v) is 12.9. The molecule has 0 aliphatic rings. The van der Waals surface area contributed by atoms with Gasteiger partial charge in [-0.25, -0.2) is 14.8 Å². The number of carboxylic acids is 1. The van der Waals surface area contributed by atoms with E-state index >= 15 is 0 Å². The zero-order chi connectivity index (χ0) is 27.9. The molecule has 2 aromatic carbocycles. The fraction of sp³-hybridized carbons (Fsp3) is 0.179. The Morgan fingerprint density at radius 1 is 0.949 bits per heavy atom. The lowest BCUT2D eigenvalue weighted by atomic mass is 9.99. The zero-order valence-corrected chi connectivity index (χ0v) is 22.1. The fourth-order valence-electron chi connectivity index (χ4n) is 4.05. The largest absolute Gasteiger partial charge is 0.508 e. The summed E-state index contributed by atoms with van der Waals surface area (Å²) in [5.41, 5.74) is 3.67. The minimum Gasteiger partial charge on any atom is -0.508 e. The summed E-state index contributed by atoms with van der Waals surface area (Å²) in [6.07, 6.45) is 0. The molecule has 0 spiro atoms. The molecule has 11 heteroatoms. The van der Waals surface area contributed by atoms with Gasteiger partial charge in [-0.2, -0.15) is 0 Å². The summed E-state index contributed by atoms with van der Waals surface area (Å²) in [5.74, 6) is -1.86. The van der Waals surface area contributed by atoms with Crippen LogP contribution in [0.2, 0.25) is 0 Å². The number of aromatic nitrogens is 2. The second-order valence-corrected chi connectivity index (χ2v) is 9.65. The molecular weight excluding hydrogens is 518 g/mol. The first kappa shape index (κ1) is 27.3. The zero-order valence-electron chi connectivity index (χ0n) is 21.3. The van der Waals surface area contributed by atoms with E-state index in [9.17, 15) is 24.6 Å². The van der Waals surface area contributed by atoms with Gasteiger partial charge in [0, 0.05) is 13.1 Å². The van der Waals surface area contributed by atoms with Crippen LogP contribution in [0.5, 0.6) is 5.75 Å². The first-order valence-electron chi connectivity index (χ1n) is 12.0. The highest BCUT2D eigenvalue weighted by Gasteiger charge is 2.25. The summed E-state index contributed by atoms with van der Waals surface area (Å²) in [6, 6.07) is 16.7. The third kappa shape index (κ3) is 6.76. The molecule has 2 aromatic heterocycles. The molecule has 10 nitrogen and oxygen atoms in total. The lowest BCUT2D eigenvalue weighted by Crippen LogP contribution is -2.48. The first-order chi connectivity index (χ1) is 18.7. The molecule has 0 bridgehead atoms. The van der Waals surface area contributed by atoms with Crippen LogP contribution in [0.25, 0.3) is 11.1 Å². The van der Waals surface area contributed by atoms with Crippen LogP contribution >= 0.6 is 11.3 Å². The van der Waals surface area contributed by atoms with E-state index in [1.54, 1.807) is 49.6 Å². The minimum absolute atomic E-state index is 0.163. The van der Waals surface area contributed by atoms with Crippen molar-refractivity contribution in [3.8, 4) is 16.9 Å². The van der Waals surface area contributed by atoms with Gasteiger partial charge in [-0.05, 0) is 54.1 Å². The normalized spacial score (nSPS) is 11.4. The Hall–Kier alpha value is -4.77. The van der Waals surface area contributed by atoms with Crippen molar-refractivity contribution in [2.45, 2.75) is 26.4 Å². The number of aromatic hydroxyl groups is 1. The van der Waals surface area contributed by atoms with E-state index in [1.807, 2.05) is 30.3 Å². The Kier molecular flexibility index (Phi) is 8.52. The number of rotatable bonds is 10. The molecule has 0 unspecified atom stereocenters. The molecule has 0 aliphatic carbocycles. The molecule has 4 rings (SSSR count). The van der Waals surface area contributed by atoms with Crippen LogP contribution < -0.4 is 16.0 Å². The number of aryl methyl sites for hydroxylation is 2. The van der Waals surface area contributed by atoms with Crippen molar-refractivity contribution in [2.75, 3.05) is 11.9 Å². The van der Waals surface area contributed by atoms with Crippen molar-refractivity contribution >= 4 is 35.1 Å².